The van der Waals surface area contributed by atoms with E-state index in [1.165, 1.54) is 0 Å². The van der Waals surface area contributed by atoms with E-state index in [1.807, 2.05) is 24.3 Å². The van der Waals surface area contributed by atoms with Crippen molar-refractivity contribution in [3.63, 3.8) is 0 Å². The molecule has 2 amide bonds. The van der Waals surface area contributed by atoms with Gasteiger partial charge in [0, 0.05) is 26.2 Å². The Morgan fingerprint density at radius 1 is 1.04 bits per heavy atom. The highest BCUT2D eigenvalue weighted by atomic mass is 16.6. The van der Waals surface area contributed by atoms with E-state index < -0.39 is 0 Å². The molecule has 1 N–H and O–H groups in total. The molecule has 0 spiro atoms. The lowest BCUT2D eigenvalue weighted by atomic mass is 10.0. The average molecular weight is 328 g/mol. The molecule has 1 fully saturated rings. The first-order valence-corrected chi connectivity index (χ1v) is 8.03. The number of piperazine rings is 1. The Balaban J connectivity index is 1.74. The van der Waals surface area contributed by atoms with Gasteiger partial charge in [-0.3, -0.25) is 4.79 Å². The van der Waals surface area contributed by atoms with Crippen LogP contribution in [0.25, 0.3) is 10.8 Å². The summed E-state index contributed by atoms with van der Waals surface area (Å²) in [6.07, 6.45) is -0.349. The zero-order chi connectivity index (χ0) is 17.1. The minimum atomic E-state index is -0.349. The Bertz CT molecular complexity index is 767. The number of phenols is 1. The third-order valence-corrected chi connectivity index (χ3v) is 4.19. The van der Waals surface area contributed by atoms with Crippen LogP contribution in [0.2, 0.25) is 0 Å². The lowest BCUT2D eigenvalue weighted by Crippen LogP contribution is -2.50. The van der Waals surface area contributed by atoms with Crippen molar-refractivity contribution >= 4 is 22.8 Å². The average Bonchev–Trinajstić information content (AvgIpc) is 2.61. The minimum absolute atomic E-state index is 0.0217. The number of hydrogen-bond acceptors (Lipinski definition) is 4. The Morgan fingerprint density at radius 3 is 2.25 bits per heavy atom. The van der Waals surface area contributed by atoms with E-state index in [1.54, 1.807) is 28.9 Å². The number of amides is 2. The van der Waals surface area contributed by atoms with Crippen molar-refractivity contribution in [2.45, 2.75) is 6.92 Å². The Hall–Kier alpha value is -2.76. The van der Waals surface area contributed by atoms with E-state index in [0.29, 0.717) is 38.3 Å². The zero-order valence-electron chi connectivity index (χ0n) is 13.6. The predicted molar refractivity (Wildman–Crippen MR) is 90.1 cm³/mol. The second kappa shape index (κ2) is 6.78. The number of hydrogen-bond donors (Lipinski definition) is 1. The summed E-state index contributed by atoms with van der Waals surface area (Å²) in [5.74, 6) is -0.242. The molecule has 2 aromatic rings. The molecule has 0 radical (unpaired) electrons. The standard InChI is InChI=1S/C18H20N2O4/c1-2-24-18(23)20-9-7-19(8-10-20)17(22)15-11-13-5-3-4-6-14(13)12-16(15)21/h3-6,11-12,21H,2,7-10H2,1H3. The van der Waals surface area contributed by atoms with Gasteiger partial charge in [-0.15, -0.1) is 0 Å². The van der Waals surface area contributed by atoms with Gasteiger partial charge in [-0.05, 0) is 29.8 Å². The maximum absolute atomic E-state index is 12.7. The number of carbonyl (C=O) groups excluding carboxylic acids is 2. The van der Waals surface area contributed by atoms with Crippen LogP contribution in [0.5, 0.6) is 5.75 Å². The van der Waals surface area contributed by atoms with E-state index >= 15 is 0 Å². The van der Waals surface area contributed by atoms with Gasteiger partial charge in [-0.1, -0.05) is 24.3 Å². The summed E-state index contributed by atoms with van der Waals surface area (Å²) in [4.78, 5) is 27.6. The number of rotatable bonds is 2. The molecule has 0 bridgehead atoms. The number of carbonyl (C=O) groups is 2. The Kier molecular flexibility index (Phi) is 4.55. The molecule has 0 aromatic heterocycles. The monoisotopic (exact) mass is 328 g/mol. The van der Waals surface area contributed by atoms with Crippen LogP contribution in [-0.4, -0.2) is 59.7 Å². The topological polar surface area (TPSA) is 70.1 Å². The summed E-state index contributed by atoms with van der Waals surface area (Å²) in [6, 6.07) is 10.9. The van der Waals surface area contributed by atoms with Gasteiger partial charge in [-0.25, -0.2) is 4.79 Å². The molecule has 6 nitrogen and oxygen atoms in total. The highest BCUT2D eigenvalue weighted by Gasteiger charge is 2.26. The van der Waals surface area contributed by atoms with Gasteiger partial charge in [0.05, 0.1) is 12.2 Å². The van der Waals surface area contributed by atoms with Crippen molar-refractivity contribution in [2.75, 3.05) is 32.8 Å². The van der Waals surface area contributed by atoms with Gasteiger partial charge >= 0.3 is 6.09 Å². The first-order chi connectivity index (χ1) is 11.6. The predicted octanol–water partition coefficient (Wildman–Crippen LogP) is 2.46. The van der Waals surface area contributed by atoms with Crippen LogP contribution in [-0.2, 0) is 4.74 Å². The molecule has 0 saturated carbocycles. The highest BCUT2D eigenvalue weighted by molar-refractivity contribution is 6.01. The molecule has 1 aliphatic heterocycles. The van der Waals surface area contributed by atoms with Gasteiger partial charge < -0.3 is 19.6 Å². The largest absolute Gasteiger partial charge is 0.507 e. The van der Waals surface area contributed by atoms with E-state index in [0.717, 1.165) is 10.8 Å². The van der Waals surface area contributed by atoms with Crippen LogP contribution in [0, 0.1) is 0 Å². The lowest BCUT2D eigenvalue weighted by Gasteiger charge is -2.34. The van der Waals surface area contributed by atoms with Gasteiger partial charge in [-0.2, -0.15) is 0 Å². The number of nitrogens with zero attached hydrogens (tertiary/aromatic N) is 2. The van der Waals surface area contributed by atoms with E-state index in [4.69, 9.17) is 4.74 Å². The van der Waals surface area contributed by atoms with Crippen LogP contribution in [0.4, 0.5) is 4.79 Å². The van der Waals surface area contributed by atoms with Crippen LogP contribution >= 0.6 is 0 Å². The fourth-order valence-electron chi connectivity index (χ4n) is 2.88. The second-order valence-corrected chi connectivity index (χ2v) is 5.69. The molecule has 3 rings (SSSR count). The van der Waals surface area contributed by atoms with Crippen LogP contribution in [0.15, 0.2) is 36.4 Å². The van der Waals surface area contributed by atoms with E-state index in [2.05, 4.69) is 0 Å². The van der Waals surface area contributed by atoms with Crippen molar-refractivity contribution in [1.29, 1.82) is 0 Å². The highest BCUT2D eigenvalue weighted by Crippen LogP contribution is 2.26. The summed E-state index contributed by atoms with van der Waals surface area (Å²) in [6.45, 7) is 3.80. The maximum Gasteiger partial charge on any atom is 0.409 e. The van der Waals surface area contributed by atoms with Crippen LogP contribution in [0.1, 0.15) is 17.3 Å². The molecule has 126 valence electrons. The summed E-state index contributed by atoms with van der Waals surface area (Å²) < 4.78 is 4.97. The minimum Gasteiger partial charge on any atom is -0.507 e. The van der Waals surface area contributed by atoms with Gasteiger partial charge in [0.1, 0.15) is 5.75 Å². The molecule has 24 heavy (non-hydrogen) atoms. The van der Waals surface area contributed by atoms with E-state index in [9.17, 15) is 14.7 Å². The molecule has 0 aliphatic carbocycles. The summed E-state index contributed by atoms with van der Waals surface area (Å²) in [5, 5.41) is 12.0. The molecule has 0 unspecified atom stereocenters. The van der Waals surface area contributed by atoms with Crippen LogP contribution in [0.3, 0.4) is 0 Å². The van der Waals surface area contributed by atoms with Crippen LogP contribution < -0.4 is 0 Å². The van der Waals surface area contributed by atoms with Crippen molar-refractivity contribution in [3.8, 4) is 5.75 Å². The van der Waals surface area contributed by atoms with Gasteiger partial charge in [0.15, 0.2) is 0 Å². The molecule has 2 aromatic carbocycles. The number of phenolic OH excluding ortho intramolecular Hbond substituents is 1. The lowest BCUT2D eigenvalue weighted by molar-refractivity contribution is 0.0568. The van der Waals surface area contributed by atoms with Crippen molar-refractivity contribution in [2.24, 2.45) is 0 Å². The van der Waals surface area contributed by atoms with Crippen molar-refractivity contribution < 1.29 is 19.4 Å². The first-order valence-electron chi connectivity index (χ1n) is 8.03. The normalized spacial score (nSPS) is 14.7. The molecule has 1 heterocycles. The number of ether oxygens (including phenoxy) is 1. The smallest absolute Gasteiger partial charge is 0.409 e. The maximum atomic E-state index is 12.7. The molecule has 6 heteroatoms. The number of fused-ring (bicyclic) bond motifs is 1. The summed E-state index contributed by atoms with van der Waals surface area (Å²) in [5.41, 5.74) is 0.290. The number of benzene rings is 2. The second-order valence-electron chi connectivity index (χ2n) is 5.69. The summed E-state index contributed by atoms with van der Waals surface area (Å²) >= 11 is 0. The first kappa shape index (κ1) is 16.1. The molecule has 0 atom stereocenters. The SMILES string of the molecule is CCOC(=O)N1CCN(C(=O)c2cc3ccccc3cc2O)CC1. The van der Waals surface area contributed by atoms with Gasteiger partial charge in [0.25, 0.3) is 5.91 Å². The third kappa shape index (κ3) is 3.13. The molecule has 1 saturated heterocycles. The van der Waals surface area contributed by atoms with Crippen molar-refractivity contribution in [1.82, 2.24) is 9.80 Å². The molecular formula is C18H20N2O4. The fourth-order valence-corrected chi connectivity index (χ4v) is 2.88. The zero-order valence-corrected chi connectivity index (χ0v) is 13.6. The quantitative estimate of drug-likeness (QED) is 0.919. The van der Waals surface area contributed by atoms with Crippen molar-refractivity contribution in [3.05, 3.63) is 42.0 Å². The Morgan fingerprint density at radius 2 is 1.62 bits per heavy atom. The summed E-state index contributed by atoms with van der Waals surface area (Å²) in [7, 11) is 0. The third-order valence-electron chi connectivity index (χ3n) is 4.19. The van der Waals surface area contributed by atoms with E-state index in [-0.39, 0.29) is 17.7 Å². The molecular weight excluding hydrogens is 308 g/mol. The number of aromatic hydroxyl groups is 1. The fraction of sp³-hybridized carbons (Fsp3) is 0.333. The molecule has 1 aliphatic rings. The Labute approximate surface area is 140 Å². The van der Waals surface area contributed by atoms with Gasteiger partial charge in [0.2, 0.25) is 0 Å².